The number of methoxy groups -OCH3 is 2. The van der Waals surface area contributed by atoms with E-state index < -0.39 is 12.2 Å². The third-order valence-electron chi connectivity index (χ3n) is 5.02. The minimum atomic E-state index is -0.586. The van der Waals surface area contributed by atoms with Crippen molar-refractivity contribution in [1.82, 2.24) is 9.55 Å². The number of aliphatic hydroxyl groups excluding tert-OH is 1. The third-order valence-corrected chi connectivity index (χ3v) is 5.96. The molecule has 3 aromatic rings. The van der Waals surface area contributed by atoms with Gasteiger partial charge in [-0.15, -0.1) is 0 Å². The first-order valence-electron chi connectivity index (χ1n) is 9.20. The molecule has 158 valence electrons. The fraction of sp³-hybridized carbons (Fsp3) is 0.286. The highest BCUT2D eigenvalue weighted by atomic mass is 35.5. The molecule has 0 fully saturated rings. The molecule has 0 bridgehead atoms. The molecular weight excluding hydrogens is 451 g/mol. The second-order valence-corrected chi connectivity index (χ2v) is 7.84. The molecule has 0 aliphatic carbocycles. The summed E-state index contributed by atoms with van der Waals surface area (Å²) in [5.41, 5.74) is 2.23. The van der Waals surface area contributed by atoms with Gasteiger partial charge in [-0.2, -0.15) is 0 Å². The van der Waals surface area contributed by atoms with Gasteiger partial charge in [-0.3, -0.25) is 4.57 Å². The number of rotatable bonds is 5. The molecule has 6 nitrogen and oxygen atoms in total. The maximum absolute atomic E-state index is 9.66. The molecule has 9 heteroatoms. The summed E-state index contributed by atoms with van der Waals surface area (Å²) in [7, 11) is 3.15. The summed E-state index contributed by atoms with van der Waals surface area (Å²) in [6.07, 6.45) is -0.863. The molecule has 2 unspecified atom stereocenters. The number of benzene rings is 2. The molecule has 1 aromatic heterocycles. The van der Waals surface area contributed by atoms with E-state index in [1.165, 1.54) is 0 Å². The van der Waals surface area contributed by atoms with Gasteiger partial charge in [0.15, 0.2) is 21.8 Å². The Hall–Kier alpha value is -1.96. The molecule has 0 saturated heterocycles. The van der Waals surface area contributed by atoms with Crippen molar-refractivity contribution in [2.24, 2.45) is 0 Å². The van der Waals surface area contributed by atoms with Crippen molar-refractivity contribution >= 4 is 34.8 Å². The lowest BCUT2D eigenvalue weighted by Gasteiger charge is -2.24. The van der Waals surface area contributed by atoms with E-state index in [0.717, 1.165) is 16.8 Å². The molecule has 1 N–H and O–H groups in total. The number of nitrogens with zero attached hydrogens (tertiary/aromatic N) is 2. The van der Waals surface area contributed by atoms with Crippen LogP contribution in [0.1, 0.15) is 35.6 Å². The van der Waals surface area contributed by atoms with E-state index in [1.54, 1.807) is 24.9 Å². The number of hydrogen-bond donors (Lipinski definition) is 1. The van der Waals surface area contributed by atoms with E-state index >= 15 is 0 Å². The molecular formula is C21H19Cl3N2O4. The lowest BCUT2D eigenvalue weighted by molar-refractivity contribution is -0.00956. The molecule has 1 aliphatic rings. The van der Waals surface area contributed by atoms with Crippen LogP contribution in [0.3, 0.4) is 0 Å². The van der Waals surface area contributed by atoms with Gasteiger partial charge in [-0.25, -0.2) is 4.98 Å². The number of hydrogen-bond acceptors (Lipinski definition) is 5. The van der Waals surface area contributed by atoms with E-state index in [9.17, 15) is 5.11 Å². The second-order valence-electron chi connectivity index (χ2n) is 6.69. The van der Waals surface area contributed by atoms with Crippen molar-refractivity contribution < 1.29 is 19.3 Å². The zero-order valence-corrected chi connectivity index (χ0v) is 18.5. The van der Waals surface area contributed by atoms with Gasteiger partial charge in [0, 0.05) is 29.2 Å². The van der Waals surface area contributed by atoms with Crippen molar-refractivity contribution in [3.8, 4) is 17.2 Å². The standard InChI is InChI=1S/C21H19Cl3N2O4/c1-28-15-5-3-4-12(18(15)29-2)17-13-10-11(22)6-7-14(13)26-20(24)19(23)25-21(26)16(30-17)8-9-27/h3-7,10,16-17,27H,8-9H2,1-2H3. The number of ether oxygens (including phenoxy) is 3. The normalized spacial score (nSPS) is 17.8. The van der Waals surface area contributed by atoms with Crippen LogP contribution in [-0.2, 0) is 4.74 Å². The number of halogens is 3. The summed E-state index contributed by atoms with van der Waals surface area (Å²) in [5, 5.41) is 10.6. The first-order chi connectivity index (χ1) is 14.5. The SMILES string of the molecule is COc1cccc(C2OC(CCO)c3nc(Cl)c(Cl)n3-c3ccc(Cl)cc32)c1OC. The maximum atomic E-state index is 9.66. The monoisotopic (exact) mass is 468 g/mol. The van der Waals surface area contributed by atoms with Crippen LogP contribution in [0.2, 0.25) is 15.3 Å². The largest absolute Gasteiger partial charge is 0.493 e. The highest BCUT2D eigenvalue weighted by molar-refractivity contribution is 6.40. The zero-order chi connectivity index (χ0) is 21.4. The van der Waals surface area contributed by atoms with E-state index in [1.807, 2.05) is 30.3 Å². The van der Waals surface area contributed by atoms with Crippen molar-refractivity contribution in [1.29, 1.82) is 0 Å². The molecule has 0 saturated carbocycles. The summed E-state index contributed by atoms with van der Waals surface area (Å²) in [6.45, 7) is -0.105. The molecule has 2 heterocycles. The van der Waals surface area contributed by atoms with Crippen molar-refractivity contribution in [2.45, 2.75) is 18.6 Å². The Morgan fingerprint density at radius 2 is 1.90 bits per heavy atom. The van der Waals surface area contributed by atoms with Gasteiger partial charge >= 0.3 is 0 Å². The Balaban J connectivity index is 2.01. The van der Waals surface area contributed by atoms with Gasteiger partial charge < -0.3 is 19.3 Å². The third kappa shape index (κ3) is 3.53. The second kappa shape index (κ2) is 8.65. The predicted molar refractivity (Wildman–Crippen MR) is 116 cm³/mol. The van der Waals surface area contributed by atoms with Gasteiger partial charge in [0.1, 0.15) is 18.0 Å². The topological polar surface area (TPSA) is 65.7 Å². The van der Waals surface area contributed by atoms with E-state index in [-0.39, 0.29) is 16.9 Å². The van der Waals surface area contributed by atoms with Crippen molar-refractivity contribution in [2.75, 3.05) is 20.8 Å². The summed E-state index contributed by atoms with van der Waals surface area (Å²) < 4.78 is 19.4. The first-order valence-corrected chi connectivity index (χ1v) is 10.3. The van der Waals surface area contributed by atoms with Crippen LogP contribution in [0, 0.1) is 0 Å². The molecule has 30 heavy (non-hydrogen) atoms. The van der Waals surface area contributed by atoms with Crippen LogP contribution in [0.5, 0.6) is 11.5 Å². The van der Waals surface area contributed by atoms with Crippen LogP contribution < -0.4 is 9.47 Å². The van der Waals surface area contributed by atoms with Crippen LogP contribution in [0.4, 0.5) is 0 Å². The van der Waals surface area contributed by atoms with Crippen LogP contribution in [-0.4, -0.2) is 35.5 Å². The molecule has 0 amide bonds. The zero-order valence-electron chi connectivity index (χ0n) is 16.2. The van der Waals surface area contributed by atoms with Crippen LogP contribution in [0.25, 0.3) is 5.69 Å². The molecule has 2 aromatic carbocycles. The average Bonchev–Trinajstić information content (AvgIpc) is 2.97. The summed E-state index contributed by atoms with van der Waals surface area (Å²) in [4.78, 5) is 4.41. The number of aliphatic hydroxyl groups is 1. The number of aromatic nitrogens is 2. The number of para-hydroxylation sites is 1. The van der Waals surface area contributed by atoms with E-state index in [2.05, 4.69) is 4.98 Å². The smallest absolute Gasteiger partial charge is 0.167 e. The quantitative estimate of drug-likeness (QED) is 0.542. The van der Waals surface area contributed by atoms with Crippen LogP contribution >= 0.6 is 34.8 Å². The van der Waals surface area contributed by atoms with Gasteiger partial charge in [-0.05, 0) is 24.3 Å². The van der Waals surface area contributed by atoms with Crippen LogP contribution in [0.15, 0.2) is 36.4 Å². The lowest BCUT2D eigenvalue weighted by atomic mass is 9.98. The van der Waals surface area contributed by atoms with Gasteiger partial charge in [0.2, 0.25) is 0 Å². The molecule has 2 atom stereocenters. The Morgan fingerprint density at radius 1 is 1.10 bits per heavy atom. The number of imidazole rings is 1. The minimum Gasteiger partial charge on any atom is -0.493 e. The lowest BCUT2D eigenvalue weighted by Crippen LogP contribution is -2.13. The molecule has 0 radical (unpaired) electrons. The fourth-order valence-corrected chi connectivity index (χ4v) is 4.32. The maximum Gasteiger partial charge on any atom is 0.167 e. The number of fused-ring (bicyclic) bond motifs is 3. The minimum absolute atomic E-state index is 0.105. The summed E-state index contributed by atoms with van der Waals surface area (Å²) in [5.74, 6) is 1.62. The summed E-state index contributed by atoms with van der Waals surface area (Å²) >= 11 is 19.1. The Bertz CT molecular complexity index is 1090. The van der Waals surface area contributed by atoms with E-state index in [4.69, 9.17) is 49.0 Å². The van der Waals surface area contributed by atoms with Crippen molar-refractivity contribution in [3.05, 3.63) is 68.7 Å². The predicted octanol–water partition coefficient (Wildman–Crippen LogP) is 5.39. The van der Waals surface area contributed by atoms with Gasteiger partial charge in [0.25, 0.3) is 0 Å². The first kappa shape index (κ1) is 21.3. The van der Waals surface area contributed by atoms with Gasteiger partial charge in [0.05, 0.1) is 19.9 Å². The highest BCUT2D eigenvalue weighted by Gasteiger charge is 2.35. The molecule has 1 aliphatic heterocycles. The van der Waals surface area contributed by atoms with Gasteiger partial charge in [-0.1, -0.05) is 46.9 Å². The van der Waals surface area contributed by atoms with Crippen molar-refractivity contribution in [3.63, 3.8) is 0 Å². The fourth-order valence-electron chi connectivity index (χ4n) is 3.75. The van der Waals surface area contributed by atoms with E-state index in [0.29, 0.717) is 28.8 Å². The molecule has 4 rings (SSSR count). The Kier molecular flexibility index (Phi) is 6.14. The average molecular weight is 470 g/mol. The Labute approximate surface area is 188 Å². The Morgan fingerprint density at radius 3 is 2.60 bits per heavy atom. The summed E-state index contributed by atoms with van der Waals surface area (Å²) in [6, 6.07) is 11.0. The molecule has 0 spiro atoms. The highest BCUT2D eigenvalue weighted by Crippen LogP contribution is 2.47.